The number of aliphatic hydroxyl groups is 1. The van der Waals surface area contributed by atoms with Crippen LogP contribution < -0.4 is 0 Å². The maximum Gasteiger partial charge on any atom is 0.362 e. The number of Topliss-reactive ketones (excluding diaryl/α,β-unsaturated/α-hetero) is 1. The number of nitrogens with zero attached hydrogens (tertiary/aromatic N) is 2. The first-order chi connectivity index (χ1) is 5.17. The quantitative estimate of drug-likeness (QED) is 0.363. The molecule has 0 radical (unpaired) electrons. The molecule has 62 valence electrons. The molecule has 0 saturated carbocycles. The van der Waals surface area contributed by atoms with E-state index in [1.807, 2.05) is 0 Å². The molecule has 0 heterocycles. The van der Waals surface area contributed by atoms with Crippen LogP contribution in [0.5, 0.6) is 0 Å². The molecule has 11 heavy (non-hydrogen) atoms. The Kier molecular flexibility index (Phi) is 4.34. The lowest BCUT2D eigenvalue weighted by Gasteiger charge is -1.98. The third-order valence-corrected chi connectivity index (χ3v) is 1.42. The van der Waals surface area contributed by atoms with Gasteiger partial charge in [-0.3, -0.25) is 4.79 Å². The van der Waals surface area contributed by atoms with Gasteiger partial charge in [-0.2, -0.15) is 4.79 Å². The minimum atomic E-state index is -0.938. The van der Waals surface area contributed by atoms with Crippen LogP contribution in [-0.2, 0) is 4.79 Å². The Bertz CT molecular complexity index is 195. The summed E-state index contributed by atoms with van der Waals surface area (Å²) < 4.78 is 0. The zero-order chi connectivity index (χ0) is 8.85. The molecule has 1 N–H and O–H groups in total. The van der Waals surface area contributed by atoms with Gasteiger partial charge in [0.2, 0.25) is 5.78 Å². The van der Waals surface area contributed by atoms with E-state index in [0.29, 0.717) is 6.42 Å². The van der Waals surface area contributed by atoms with Crippen molar-refractivity contribution in [2.75, 3.05) is 0 Å². The van der Waals surface area contributed by atoms with E-state index in [9.17, 15) is 4.79 Å². The fraction of sp³-hybridized carbons (Fsp3) is 0.714. The molecule has 4 heteroatoms. The van der Waals surface area contributed by atoms with Gasteiger partial charge >= 0.3 is 5.71 Å². The largest absolute Gasteiger partial charge is 0.381 e. The van der Waals surface area contributed by atoms with Crippen molar-refractivity contribution in [2.24, 2.45) is 0 Å². The van der Waals surface area contributed by atoms with E-state index < -0.39 is 6.10 Å². The van der Waals surface area contributed by atoms with Crippen molar-refractivity contribution in [2.45, 2.75) is 32.8 Å². The van der Waals surface area contributed by atoms with E-state index in [1.54, 1.807) is 13.8 Å². The molecule has 0 aliphatic carbocycles. The van der Waals surface area contributed by atoms with Crippen molar-refractivity contribution in [3.63, 3.8) is 0 Å². The molecule has 0 spiro atoms. The first kappa shape index (κ1) is 10.0. The van der Waals surface area contributed by atoms with Crippen molar-refractivity contribution in [1.82, 2.24) is 0 Å². The molecule has 1 unspecified atom stereocenters. The molecule has 0 aromatic carbocycles. The summed E-state index contributed by atoms with van der Waals surface area (Å²) in [5.41, 5.74) is 8.19. The van der Waals surface area contributed by atoms with Gasteiger partial charge < -0.3 is 10.6 Å². The second-order valence-electron chi connectivity index (χ2n) is 2.19. The van der Waals surface area contributed by atoms with Crippen molar-refractivity contribution >= 4 is 11.5 Å². The topological polar surface area (TPSA) is 73.7 Å². The molecule has 4 nitrogen and oxygen atoms in total. The molecule has 0 aliphatic heterocycles. The average molecular weight is 156 g/mol. The van der Waals surface area contributed by atoms with Crippen molar-refractivity contribution in [1.29, 1.82) is 0 Å². The molecule has 1 atom stereocenters. The lowest BCUT2D eigenvalue weighted by molar-refractivity contribution is -0.118. The summed E-state index contributed by atoms with van der Waals surface area (Å²) in [4.78, 5) is 13.6. The Morgan fingerprint density at radius 2 is 2.18 bits per heavy atom. The lowest BCUT2D eigenvalue weighted by atomic mass is 10.1. The monoisotopic (exact) mass is 156 g/mol. The highest BCUT2D eigenvalue weighted by molar-refractivity contribution is 6.38. The van der Waals surface area contributed by atoms with Crippen molar-refractivity contribution < 1.29 is 14.7 Å². The SMILES string of the molecule is CCC(=O)C(=[N+]=[N-])C(O)CC. The van der Waals surface area contributed by atoms with Crippen LogP contribution in [-0.4, -0.2) is 27.5 Å². The molecular formula is C7H12N2O2. The normalized spacial score (nSPS) is 11.9. The maximum absolute atomic E-state index is 10.9. The first-order valence-electron chi connectivity index (χ1n) is 3.60. The minimum Gasteiger partial charge on any atom is -0.381 e. The zero-order valence-electron chi connectivity index (χ0n) is 6.74. The molecular weight excluding hydrogens is 144 g/mol. The Hall–Kier alpha value is -0.990. The van der Waals surface area contributed by atoms with Gasteiger partial charge in [-0.15, -0.1) is 0 Å². The number of carbonyl (C=O) groups is 1. The predicted octanol–water partition coefficient (Wildman–Crippen LogP) is 0.407. The Balaban J connectivity index is 4.43. The highest BCUT2D eigenvalue weighted by Crippen LogP contribution is 1.95. The van der Waals surface area contributed by atoms with Gasteiger partial charge in [0.25, 0.3) is 0 Å². The molecule has 0 saturated heterocycles. The molecule has 0 fully saturated rings. The number of aliphatic hydroxyl groups excluding tert-OH is 1. The van der Waals surface area contributed by atoms with Crippen molar-refractivity contribution in [3.05, 3.63) is 5.53 Å². The molecule has 0 aliphatic rings. The number of hydrogen-bond donors (Lipinski definition) is 1. The third kappa shape index (κ3) is 2.62. The van der Waals surface area contributed by atoms with E-state index in [-0.39, 0.29) is 17.9 Å². The van der Waals surface area contributed by atoms with E-state index in [2.05, 4.69) is 4.79 Å². The van der Waals surface area contributed by atoms with Gasteiger partial charge in [0, 0.05) is 6.42 Å². The molecule has 0 aromatic rings. The van der Waals surface area contributed by atoms with Crippen LogP contribution in [0, 0.1) is 0 Å². The zero-order valence-corrected chi connectivity index (χ0v) is 6.74. The van der Waals surface area contributed by atoms with Crippen LogP contribution in [0.1, 0.15) is 26.7 Å². The lowest BCUT2D eigenvalue weighted by Crippen LogP contribution is -2.28. The maximum atomic E-state index is 10.9. The van der Waals surface area contributed by atoms with E-state index in [4.69, 9.17) is 10.6 Å². The van der Waals surface area contributed by atoms with Gasteiger partial charge in [0.05, 0.1) is 0 Å². The van der Waals surface area contributed by atoms with E-state index in [1.165, 1.54) is 0 Å². The Morgan fingerprint density at radius 1 is 1.64 bits per heavy atom. The van der Waals surface area contributed by atoms with Gasteiger partial charge in [-0.25, -0.2) is 0 Å². The average Bonchev–Trinajstić information content (AvgIpc) is 2.05. The number of ketones is 1. The van der Waals surface area contributed by atoms with Crippen LogP contribution in [0.4, 0.5) is 0 Å². The second kappa shape index (κ2) is 4.77. The summed E-state index contributed by atoms with van der Waals surface area (Å²) in [5, 5.41) is 9.11. The second-order valence-corrected chi connectivity index (χ2v) is 2.19. The summed E-state index contributed by atoms with van der Waals surface area (Å²) in [6, 6.07) is 0. The number of hydrogen-bond acceptors (Lipinski definition) is 2. The van der Waals surface area contributed by atoms with Gasteiger partial charge in [0.1, 0.15) is 0 Å². The number of rotatable bonds is 4. The summed E-state index contributed by atoms with van der Waals surface area (Å²) >= 11 is 0. The summed E-state index contributed by atoms with van der Waals surface area (Å²) in [6.45, 7) is 3.36. The molecule has 0 amide bonds. The molecule has 0 bridgehead atoms. The Morgan fingerprint density at radius 3 is 2.45 bits per heavy atom. The summed E-state index contributed by atoms with van der Waals surface area (Å²) in [7, 11) is 0. The Labute approximate surface area is 65.5 Å². The van der Waals surface area contributed by atoms with Gasteiger partial charge in [-0.1, -0.05) is 13.8 Å². The smallest absolute Gasteiger partial charge is 0.362 e. The van der Waals surface area contributed by atoms with Crippen LogP contribution in [0.2, 0.25) is 0 Å². The highest BCUT2D eigenvalue weighted by Gasteiger charge is 2.25. The third-order valence-electron chi connectivity index (χ3n) is 1.42. The molecule has 0 aromatic heterocycles. The summed E-state index contributed by atoms with van der Waals surface area (Å²) in [5.74, 6) is -0.318. The van der Waals surface area contributed by atoms with E-state index in [0.717, 1.165) is 0 Å². The summed E-state index contributed by atoms with van der Waals surface area (Å²) in [6.07, 6.45) is -0.311. The van der Waals surface area contributed by atoms with Crippen molar-refractivity contribution in [3.8, 4) is 0 Å². The van der Waals surface area contributed by atoms with Gasteiger partial charge in [-0.05, 0) is 6.42 Å². The first-order valence-corrected chi connectivity index (χ1v) is 3.60. The van der Waals surface area contributed by atoms with Crippen LogP contribution in [0.3, 0.4) is 0 Å². The number of carbonyl (C=O) groups excluding carboxylic acids is 1. The fourth-order valence-corrected chi connectivity index (χ4v) is 0.683. The molecule has 0 rings (SSSR count). The predicted molar refractivity (Wildman–Crippen MR) is 40.2 cm³/mol. The minimum absolute atomic E-state index is 0.144. The van der Waals surface area contributed by atoms with E-state index >= 15 is 0 Å². The fourth-order valence-electron chi connectivity index (χ4n) is 0.683. The standard InChI is InChI=1S/C7H12N2O2/c1-3-5(10)7(9-8)6(11)4-2/h5,10H,3-4H2,1-2H3. The van der Waals surface area contributed by atoms with Crippen LogP contribution >= 0.6 is 0 Å². The highest BCUT2D eigenvalue weighted by atomic mass is 16.3. The van der Waals surface area contributed by atoms with Crippen LogP contribution in [0.25, 0.3) is 5.53 Å². The van der Waals surface area contributed by atoms with Gasteiger partial charge in [0.15, 0.2) is 6.10 Å². The van der Waals surface area contributed by atoms with Crippen LogP contribution in [0.15, 0.2) is 0 Å².